The molecule has 0 aromatic heterocycles. The molecule has 0 aliphatic rings. The minimum absolute atomic E-state index is 0.165. The smallest absolute Gasteiger partial charge is 0.130 e. The van der Waals surface area contributed by atoms with Crippen molar-refractivity contribution in [3.63, 3.8) is 0 Å². The average molecular weight is 346 g/mol. The maximum absolute atomic E-state index is 13.8. The summed E-state index contributed by atoms with van der Waals surface area (Å²) in [4.78, 5) is 0. The molecule has 0 radical (unpaired) electrons. The monoisotopic (exact) mass is 344 g/mol. The molecular formula is C14H11BrClFO2. The van der Waals surface area contributed by atoms with Crippen LogP contribution in [0.4, 0.5) is 4.39 Å². The van der Waals surface area contributed by atoms with E-state index in [2.05, 4.69) is 15.9 Å². The Bertz CT molecular complexity index is 604. The highest BCUT2D eigenvalue weighted by Crippen LogP contribution is 2.33. The molecule has 19 heavy (non-hydrogen) atoms. The van der Waals surface area contributed by atoms with Crippen molar-refractivity contribution in [3.8, 4) is 5.75 Å². The number of hydrogen-bond donors (Lipinski definition) is 1. The Kier molecular flexibility index (Phi) is 4.45. The first-order valence-electron chi connectivity index (χ1n) is 5.49. The topological polar surface area (TPSA) is 29.5 Å². The molecule has 0 fully saturated rings. The van der Waals surface area contributed by atoms with Gasteiger partial charge in [-0.05, 0) is 30.3 Å². The van der Waals surface area contributed by atoms with Gasteiger partial charge in [0.1, 0.15) is 17.7 Å². The van der Waals surface area contributed by atoms with Crippen LogP contribution in [0.5, 0.6) is 5.75 Å². The Morgan fingerprint density at radius 3 is 2.58 bits per heavy atom. The summed E-state index contributed by atoms with van der Waals surface area (Å²) in [6.45, 7) is 0. The lowest BCUT2D eigenvalue weighted by molar-refractivity contribution is 0.213. The van der Waals surface area contributed by atoms with Crippen LogP contribution in [0.25, 0.3) is 0 Å². The summed E-state index contributed by atoms with van der Waals surface area (Å²) in [7, 11) is 1.53. The van der Waals surface area contributed by atoms with E-state index in [1.165, 1.54) is 25.3 Å². The highest BCUT2D eigenvalue weighted by Gasteiger charge is 2.18. The number of rotatable bonds is 3. The van der Waals surface area contributed by atoms with Gasteiger partial charge in [-0.25, -0.2) is 4.39 Å². The van der Waals surface area contributed by atoms with Crippen LogP contribution in [-0.2, 0) is 0 Å². The molecule has 0 heterocycles. The Morgan fingerprint density at radius 1 is 1.21 bits per heavy atom. The minimum atomic E-state index is -1.10. The third kappa shape index (κ3) is 3.08. The first-order chi connectivity index (χ1) is 9.02. The van der Waals surface area contributed by atoms with Gasteiger partial charge < -0.3 is 9.84 Å². The van der Waals surface area contributed by atoms with Crippen LogP contribution in [0.3, 0.4) is 0 Å². The Balaban J connectivity index is 2.46. The second-order valence-electron chi connectivity index (χ2n) is 3.96. The van der Waals surface area contributed by atoms with Crippen molar-refractivity contribution in [1.82, 2.24) is 0 Å². The minimum Gasteiger partial charge on any atom is -0.497 e. The van der Waals surface area contributed by atoms with Gasteiger partial charge in [0.2, 0.25) is 0 Å². The molecule has 1 N–H and O–H groups in total. The number of hydrogen-bond acceptors (Lipinski definition) is 2. The molecule has 100 valence electrons. The molecule has 1 atom stereocenters. The highest BCUT2D eigenvalue weighted by atomic mass is 79.9. The molecule has 0 amide bonds. The van der Waals surface area contributed by atoms with Crippen LogP contribution >= 0.6 is 27.5 Å². The van der Waals surface area contributed by atoms with Crippen LogP contribution in [0, 0.1) is 5.82 Å². The third-order valence-corrected chi connectivity index (χ3v) is 3.71. The van der Waals surface area contributed by atoms with Crippen molar-refractivity contribution in [2.75, 3.05) is 7.11 Å². The molecule has 0 aliphatic carbocycles. The van der Waals surface area contributed by atoms with Gasteiger partial charge >= 0.3 is 0 Å². The average Bonchev–Trinajstić information content (AvgIpc) is 2.38. The van der Waals surface area contributed by atoms with E-state index >= 15 is 0 Å². The van der Waals surface area contributed by atoms with E-state index in [0.29, 0.717) is 15.8 Å². The first kappa shape index (κ1) is 14.3. The fourth-order valence-corrected chi connectivity index (χ4v) is 2.37. The molecule has 0 saturated heterocycles. The predicted octanol–water partition coefficient (Wildman–Crippen LogP) is 4.33. The van der Waals surface area contributed by atoms with E-state index < -0.39 is 11.9 Å². The highest BCUT2D eigenvalue weighted by molar-refractivity contribution is 9.10. The zero-order valence-corrected chi connectivity index (χ0v) is 12.4. The van der Waals surface area contributed by atoms with Crippen molar-refractivity contribution < 1.29 is 14.2 Å². The summed E-state index contributed by atoms with van der Waals surface area (Å²) < 4.78 is 19.6. The first-order valence-corrected chi connectivity index (χ1v) is 6.66. The van der Waals surface area contributed by atoms with E-state index in [-0.39, 0.29) is 10.6 Å². The molecule has 0 aliphatic heterocycles. The molecule has 2 aromatic carbocycles. The number of aliphatic hydroxyl groups is 1. The van der Waals surface area contributed by atoms with Crippen LogP contribution in [0.1, 0.15) is 17.2 Å². The largest absolute Gasteiger partial charge is 0.497 e. The fourth-order valence-electron chi connectivity index (χ4n) is 1.75. The maximum atomic E-state index is 13.8. The molecule has 2 rings (SSSR count). The normalized spacial score (nSPS) is 12.3. The molecule has 2 nitrogen and oxygen atoms in total. The van der Waals surface area contributed by atoms with Gasteiger partial charge in [-0.2, -0.15) is 0 Å². The summed E-state index contributed by atoms with van der Waals surface area (Å²) in [5, 5.41) is 10.6. The van der Waals surface area contributed by atoms with Crippen LogP contribution in [0.15, 0.2) is 40.9 Å². The molecule has 0 saturated carbocycles. The molecule has 1 unspecified atom stereocenters. The summed E-state index contributed by atoms with van der Waals surface area (Å²) in [5.74, 6) is 0.0429. The van der Waals surface area contributed by atoms with E-state index in [0.717, 1.165) is 0 Å². The van der Waals surface area contributed by atoms with Crippen LogP contribution < -0.4 is 4.74 Å². The van der Waals surface area contributed by atoms with Crippen molar-refractivity contribution in [1.29, 1.82) is 0 Å². The standard InChI is InChI=1S/C14H11BrClFO2/c1-19-9-3-5-12(15)11(7-9)14(18)10-4-2-8(16)6-13(10)17/h2-7,14,18H,1H3. The van der Waals surface area contributed by atoms with Crippen molar-refractivity contribution in [3.05, 3.63) is 62.8 Å². The van der Waals surface area contributed by atoms with Gasteiger partial charge in [-0.3, -0.25) is 0 Å². The predicted molar refractivity (Wildman–Crippen MR) is 76.2 cm³/mol. The van der Waals surface area contributed by atoms with Crippen LogP contribution in [-0.4, -0.2) is 12.2 Å². The SMILES string of the molecule is COc1ccc(Br)c(C(O)c2ccc(Cl)cc2F)c1. The lowest BCUT2D eigenvalue weighted by Crippen LogP contribution is -2.04. The molecule has 2 aromatic rings. The summed E-state index contributed by atoms with van der Waals surface area (Å²) in [6.07, 6.45) is -1.10. The number of aliphatic hydroxyl groups excluding tert-OH is 1. The maximum Gasteiger partial charge on any atom is 0.130 e. The zero-order valence-electron chi connectivity index (χ0n) is 10.0. The number of ether oxygens (including phenoxy) is 1. The number of benzene rings is 2. The van der Waals surface area contributed by atoms with Gasteiger partial charge in [0, 0.05) is 20.6 Å². The van der Waals surface area contributed by atoms with Crippen LogP contribution in [0.2, 0.25) is 5.02 Å². The molecular weight excluding hydrogens is 335 g/mol. The fraction of sp³-hybridized carbons (Fsp3) is 0.143. The van der Waals surface area contributed by atoms with Crippen molar-refractivity contribution >= 4 is 27.5 Å². The number of methoxy groups -OCH3 is 1. The van der Waals surface area contributed by atoms with Gasteiger partial charge in [-0.1, -0.05) is 33.6 Å². The van der Waals surface area contributed by atoms with Gasteiger partial charge in [0.25, 0.3) is 0 Å². The summed E-state index contributed by atoms with van der Waals surface area (Å²) in [5.41, 5.74) is 0.693. The van der Waals surface area contributed by atoms with Crippen molar-refractivity contribution in [2.45, 2.75) is 6.10 Å². The van der Waals surface area contributed by atoms with E-state index in [1.807, 2.05) is 0 Å². The lowest BCUT2D eigenvalue weighted by atomic mass is 10.0. The third-order valence-electron chi connectivity index (χ3n) is 2.75. The van der Waals surface area contributed by atoms with E-state index in [1.54, 1.807) is 18.2 Å². The molecule has 0 bridgehead atoms. The summed E-state index contributed by atoms with van der Waals surface area (Å²) >= 11 is 9.03. The Labute approximate surface area is 123 Å². The Morgan fingerprint density at radius 2 is 1.95 bits per heavy atom. The van der Waals surface area contributed by atoms with Gasteiger partial charge in [0.05, 0.1) is 7.11 Å². The molecule has 0 spiro atoms. The zero-order chi connectivity index (χ0) is 14.0. The summed E-state index contributed by atoms with van der Waals surface area (Å²) in [6, 6.07) is 9.33. The Hall–Kier alpha value is -1.10. The quantitative estimate of drug-likeness (QED) is 0.897. The van der Waals surface area contributed by atoms with E-state index in [9.17, 15) is 9.50 Å². The number of halogens is 3. The van der Waals surface area contributed by atoms with Gasteiger partial charge in [-0.15, -0.1) is 0 Å². The van der Waals surface area contributed by atoms with Gasteiger partial charge in [0.15, 0.2) is 0 Å². The second kappa shape index (κ2) is 5.90. The van der Waals surface area contributed by atoms with Crippen molar-refractivity contribution in [2.24, 2.45) is 0 Å². The molecule has 5 heteroatoms. The second-order valence-corrected chi connectivity index (χ2v) is 5.25. The van der Waals surface area contributed by atoms with E-state index in [4.69, 9.17) is 16.3 Å². The lowest BCUT2D eigenvalue weighted by Gasteiger charge is -2.15.